The summed E-state index contributed by atoms with van der Waals surface area (Å²) in [4.78, 5) is 16.7. The number of aromatic nitrogens is 3. The summed E-state index contributed by atoms with van der Waals surface area (Å²) >= 11 is 0. The predicted molar refractivity (Wildman–Crippen MR) is 99.5 cm³/mol. The number of carbonyl (C=O) groups is 1. The van der Waals surface area contributed by atoms with Gasteiger partial charge < -0.3 is 5.32 Å². The van der Waals surface area contributed by atoms with Crippen molar-refractivity contribution in [2.45, 2.75) is 12.7 Å². The minimum atomic E-state index is -3.15. The Balaban J connectivity index is 1.73. The highest BCUT2D eigenvalue weighted by Crippen LogP contribution is 2.18. The molecule has 26 heavy (non-hydrogen) atoms. The number of H-pyrrole nitrogens is 1. The van der Waals surface area contributed by atoms with Crippen LogP contribution in [0.25, 0.3) is 11.4 Å². The van der Waals surface area contributed by atoms with Crippen LogP contribution in [0.2, 0.25) is 0 Å². The first-order valence-electron chi connectivity index (χ1n) is 7.88. The number of aryl methyl sites for hydroxylation is 1. The van der Waals surface area contributed by atoms with Crippen molar-refractivity contribution in [1.29, 1.82) is 0 Å². The lowest BCUT2D eigenvalue weighted by Crippen LogP contribution is -2.12. The lowest BCUT2D eigenvalue weighted by atomic mass is 10.1. The molecule has 0 unspecified atom stereocenters. The van der Waals surface area contributed by atoms with Gasteiger partial charge in [-0.25, -0.2) is 13.4 Å². The first kappa shape index (κ1) is 17.8. The highest BCUT2D eigenvalue weighted by Gasteiger charge is 2.10. The van der Waals surface area contributed by atoms with E-state index in [9.17, 15) is 13.2 Å². The number of benzene rings is 2. The van der Waals surface area contributed by atoms with Gasteiger partial charge in [0, 0.05) is 23.1 Å². The standard InChI is InChI=1S/C18H18N4O3S/c1-12-19-17(22-21-12)14-6-8-16(9-7-14)20-18(23)15-5-3-4-13(10-15)11-26(2,24)25/h3-10H,11H2,1-2H3,(H,20,23)(H,19,21,22). The molecular formula is C18H18N4O3S. The van der Waals surface area contributed by atoms with Gasteiger partial charge in [0.1, 0.15) is 5.82 Å². The first-order chi connectivity index (χ1) is 12.3. The van der Waals surface area contributed by atoms with Crippen LogP contribution in [0.1, 0.15) is 21.7 Å². The number of carbonyl (C=O) groups excluding carboxylic acids is 1. The molecule has 8 heteroatoms. The SMILES string of the molecule is Cc1nc(-c2ccc(NC(=O)c3cccc(CS(C)(=O)=O)c3)cc2)n[nH]1. The molecule has 0 bridgehead atoms. The fourth-order valence-corrected chi connectivity index (χ4v) is 3.27. The van der Waals surface area contributed by atoms with E-state index in [1.54, 1.807) is 36.4 Å². The summed E-state index contributed by atoms with van der Waals surface area (Å²) in [7, 11) is -3.15. The number of nitrogens with zero attached hydrogens (tertiary/aromatic N) is 2. The summed E-state index contributed by atoms with van der Waals surface area (Å²) in [5, 5.41) is 9.67. The fourth-order valence-electron chi connectivity index (χ4n) is 2.48. The average Bonchev–Trinajstić information content (AvgIpc) is 3.01. The Kier molecular flexibility index (Phi) is 4.85. The largest absolute Gasteiger partial charge is 0.322 e. The number of hydrogen-bond acceptors (Lipinski definition) is 5. The van der Waals surface area contributed by atoms with E-state index in [1.165, 1.54) is 0 Å². The molecule has 0 radical (unpaired) electrons. The summed E-state index contributed by atoms with van der Waals surface area (Å²) in [6, 6.07) is 13.7. The second-order valence-electron chi connectivity index (χ2n) is 6.05. The Labute approximate surface area is 151 Å². The van der Waals surface area contributed by atoms with Gasteiger partial charge in [0.15, 0.2) is 15.7 Å². The Bertz CT molecular complexity index is 1040. The lowest BCUT2D eigenvalue weighted by Gasteiger charge is -2.07. The van der Waals surface area contributed by atoms with Gasteiger partial charge >= 0.3 is 0 Å². The van der Waals surface area contributed by atoms with Crippen molar-refractivity contribution >= 4 is 21.4 Å². The highest BCUT2D eigenvalue weighted by atomic mass is 32.2. The van der Waals surface area contributed by atoms with Crippen LogP contribution in [-0.4, -0.2) is 35.8 Å². The van der Waals surface area contributed by atoms with Crippen LogP contribution in [-0.2, 0) is 15.6 Å². The quantitative estimate of drug-likeness (QED) is 0.718. The molecule has 0 spiro atoms. The minimum Gasteiger partial charge on any atom is -0.322 e. The third kappa shape index (κ3) is 4.54. The van der Waals surface area contributed by atoms with Gasteiger partial charge in [0.25, 0.3) is 5.91 Å². The molecule has 2 aromatic carbocycles. The first-order valence-corrected chi connectivity index (χ1v) is 9.94. The molecular weight excluding hydrogens is 352 g/mol. The van der Waals surface area contributed by atoms with Crippen molar-refractivity contribution in [3.05, 3.63) is 65.5 Å². The second-order valence-corrected chi connectivity index (χ2v) is 8.19. The molecule has 7 nitrogen and oxygen atoms in total. The van der Waals surface area contributed by atoms with E-state index in [1.807, 2.05) is 19.1 Å². The summed E-state index contributed by atoms with van der Waals surface area (Å²) in [6.45, 7) is 1.82. The molecule has 0 fully saturated rings. The number of rotatable bonds is 5. The van der Waals surface area contributed by atoms with Crippen molar-refractivity contribution in [2.24, 2.45) is 0 Å². The smallest absolute Gasteiger partial charge is 0.255 e. The molecule has 0 atom stereocenters. The number of aromatic amines is 1. The monoisotopic (exact) mass is 370 g/mol. The number of hydrogen-bond donors (Lipinski definition) is 2. The van der Waals surface area contributed by atoms with Crippen LogP contribution < -0.4 is 5.32 Å². The molecule has 2 N–H and O–H groups in total. The Morgan fingerprint density at radius 3 is 2.50 bits per heavy atom. The molecule has 0 saturated heterocycles. The van der Waals surface area contributed by atoms with Crippen LogP contribution in [0.5, 0.6) is 0 Å². The van der Waals surface area contributed by atoms with Gasteiger partial charge in [-0.3, -0.25) is 9.89 Å². The number of sulfone groups is 1. The van der Waals surface area contributed by atoms with E-state index in [2.05, 4.69) is 20.5 Å². The van der Waals surface area contributed by atoms with Crippen molar-refractivity contribution in [3.8, 4) is 11.4 Å². The highest BCUT2D eigenvalue weighted by molar-refractivity contribution is 7.89. The van der Waals surface area contributed by atoms with Gasteiger partial charge in [-0.1, -0.05) is 12.1 Å². The molecule has 0 aliphatic carbocycles. The Morgan fingerprint density at radius 2 is 1.88 bits per heavy atom. The second kappa shape index (κ2) is 7.09. The van der Waals surface area contributed by atoms with E-state index in [0.29, 0.717) is 22.6 Å². The van der Waals surface area contributed by atoms with Crippen LogP contribution in [0.3, 0.4) is 0 Å². The zero-order chi connectivity index (χ0) is 18.7. The molecule has 0 aliphatic rings. The Hall–Kier alpha value is -3.00. The van der Waals surface area contributed by atoms with Gasteiger partial charge in [0.2, 0.25) is 0 Å². The van der Waals surface area contributed by atoms with Crippen LogP contribution >= 0.6 is 0 Å². The minimum absolute atomic E-state index is 0.0983. The molecule has 3 aromatic rings. The lowest BCUT2D eigenvalue weighted by molar-refractivity contribution is 0.102. The van der Waals surface area contributed by atoms with E-state index in [-0.39, 0.29) is 11.7 Å². The summed E-state index contributed by atoms with van der Waals surface area (Å²) in [6.07, 6.45) is 1.16. The Morgan fingerprint density at radius 1 is 1.15 bits per heavy atom. The van der Waals surface area contributed by atoms with E-state index in [4.69, 9.17) is 0 Å². The van der Waals surface area contributed by atoms with Crippen molar-refractivity contribution < 1.29 is 13.2 Å². The molecule has 0 aliphatic heterocycles. The van der Waals surface area contributed by atoms with E-state index >= 15 is 0 Å². The van der Waals surface area contributed by atoms with Crippen LogP contribution in [0.15, 0.2) is 48.5 Å². The van der Waals surface area contributed by atoms with Gasteiger partial charge in [-0.05, 0) is 48.9 Å². The summed E-state index contributed by atoms with van der Waals surface area (Å²) < 4.78 is 22.8. The van der Waals surface area contributed by atoms with E-state index < -0.39 is 9.84 Å². The normalized spacial score (nSPS) is 11.3. The van der Waals surface area contributed by atoms with Gasteiger partial charge in [-0.2, -0.15) is 5.10 Å². The van der Waals surface area contributed by atoms with Crippen LogP contribution in [0.4, 0.5) is 5.69 Å². The fraction of sp³-hybridized carbons (Fsp3) is 0.167. The third-order valence-electron chi connectivity index (χ3n) is 3.62. The summed E-state index contributed by atoms with van der Waals surface area (Å²) in [5.74, 6) is 0.917. The zero-order valence-electron chi connectivity index (χ0n) is 14.4. The maximum atomic E-state index is 12.4. The third-order valence-corrected chi connectivity index (χ3v) is 4.47. The maximum Gasteiger partial charge on any atom is 0.255 e. The van der Waals surface area contributed by atoms with Gasteiger partial charge in [-0.15, -0.1) is 0 Å². The number of anilines is 1. The molecule has 1 heterocycles. The summed E-state index contributed by atoms with van der Waals surface area (Å²) in [5.41, 5.74) is 2.44. The molecule has 134 valence electrons. The maximum absolute atomic E-state index is 12.4. The number of amides is 1. The van der Waals surface area contributed by atoms with Gasteiger partial charge in [0.05, 0.1) is 5.75 Å². The predicted octanol–water partition coefficient (Wildman–Crippen LogP) is 2.58. The van der Waals surface area contributed by atoms with Crippen molar-refractivity contribution in [3.63, 3.8) is 0 Å². The molecule has 0 saturated carbocycles. The van der Waals surface area contributed by atoms with Crippen molar-refractivity contribution in [1.82, 2.24) is 15.2 Å². The zero-order valence-corrected chi connectivity index (χ0v) is 15.2. The topological polar surface area (TPSA) is 105 Å². The van der Waals surface area contributed by atoms with Crippen molar-refractivity contribution in [2.75, 3.05) is 11.6 Å². The molecule has 1 aromatic heterocycles. The average molecular weight is 370 g/mol. The molecule has 1 amide bonds. The van der Waals surface area contributed by atoms with Crippen LogP contribution in [0, 0.1) is 6.92 Å². The molecule has 3 rings (SSSR count). The number of nitrogens with one attached hydrogen (secondary N) is 2. The van der Waals surface area contributed by atoms with E-state index in [0.717, 1.165) is 17.6 Å².